The van der Waals surface area contributed by atoms with Crippen LogP contribution >= 0.6 is 15.9 Å². The van der Waals surface area contributed by atoms with Gasteiger partial charge in [0.1, 0.15) is 34.6 Å². The number of sulfonamides is 1. The van der Waals surface area contributed by atoms with E-state index in [1.807, 2.05) is 54.6 Å². The normalized spacial score (nSPS) is 23.0. The largest absolute Gasteiger partial charge is 0.444 e. The number of likely N-dealkylation sites (tertiary alicyclic amines) is 1. The first-order chi connectivity index (χ1) is 25.7. The van der Waals surface area contributed by atoms with Gasteiger partial charge in [0.15, 0.2) is 0 Å². The molecule has 2 heterocycles. The Hall–Kier alpha value is -4.57. The number of hydrogen-bond acceptors (Lipinski definition) is 9. The van der Waals surface area contributed by atoms with Crippen molar-refractivity contribution >= 4 is 49.8 Å². The molecule has 5 atom stereocenters. The van der Waals surface area contributed by atoms with Crippen LogP contribution in [0, 0.1) is 11.3 Å². The maximum absolute atomic E-state index is 14.7. The molecule has 3 aromatic rings. The molecule has 3 fully saturated rings. The van der Waals surface area contributed by atoms with Gasteiger partial charge in [-0.1, -0.05) is 85.2 Å². The first-order valence-electron chi connectivity index (χ1n) is 18.3. The standard InChI is InChI=1S/C39H48BrN7O7S/c1-8-25-21-39(25,35(50)45-55(52,53)28-18-19-28)42-33(48)29-20-27(22-46(29)34(49)32(37(2,3)4)41-36(51)54-38(5,6)7)47-43-30(23-12-10-9-11-13-23)31(44-47)24-14-16-26(40)17-15-24/h8-17,25,27-29,32H,1,18-22H2,2-7H3,(H,41,51)(H,42,48)(H,45,50)/t25-,27-,29+,32+,39+/m1/s1. The summed E-state index contributed by atoms with van der Waals surface area (Å²) in [4.78, 5) is 58.7. The van der Waals surface area contributed by atoms with Gasteiger partial charge in [-0.25, -0.2) is 13.2 Å². The number of ether oxygens (including phenoxy) is 1. The summed E-state index contributed by atoms with van der Waals surface area (Å²) in [6, 6.07) is 14.3. The monoisotopic (exact) mass is 837 g/mol. The fourth-order valence-electron chi connectivity index (χ4n) is 6.81. The van der Waals surface area contributed by atoms with E-state index >= 15 is 0 Å². The van der Waals surface area contributed by atoms with Crippen LogP contribution in [0.1, 0.15) is 73.3 Å². The lowest BCUT2D eigenvalue weighted by Crippen LogP contribution is -2.60. The third kappa shape index (κ3) is 8.80. The number of alkyl carbamates (subject to hydrolysis) is 1. The minimum atomic E-state index is -3.91. The predicted molar refractivity (Wildman–Crippen MR) is 210 cm³/mol. The van der Waals surface area contributed by atoms with Crippen molar-refractivity contribution in [2.24, 2.45) is 11.3 Å². The lowest BCUT2D eigenvalue weighted by atomic mass is 9.85. The third-order valence-electron chi connectivity index (χ3n) is 10.0. The highest BCUT2D eigenvalue weighted by atomic mass is 79.9. The summed E-state index contributed by atoms with van der Waals surface area (Å²) in [5, 5.41) is 14.8. The molecule has 3 N–H and O–H groups in total. The van der Waals surface area contributed by atoms with Crippen molar-refractivity contribution in [2.45, 2.75) is 102 Å². The Morgan fingerprint density at radius 3 is 2.09 bits per heavy atom. The molecule has 0 radical (unpaired) electrons. The molecule has 1 aromatic heterocycles. The Morgan fingerprint density at radius 1 is 0.964 bits per heavy atom. The number of hydrogen-bond donors (Lipinski definition) is 3. The minimum absolute atomic E-state index is 0.0116. The molecular formula is C39H48BrN7O7S. The van der Waals surface area contributed by atoms with Crippen molar-refractivity contribution < 1.29 is 32.3 Å². The molecule has 2 aliphatic carbocycles. The lowest BCUT2D eigenvalue weighted by molar-refractivity contribution is -0.143. The summed E-state index contributed by atoms with van der Waals surface area (Å²) in [6.07, 6.45) is 1.82. The number of benzene rings is 2. The maximum atomic E-state index is 14.7. The molecule has 6 rings (SSSR count). The van der Waals surface area contributed by atoms with Crippen LogP contribution in [0.15, 0.2) is 71.7 Å². The lowest BCUT2D eigenvalue weighted by Gasteiger charge is -2.36. The summed E-state index contributed by atoms with van der Waals surface area (Å²) in [7, 11) is -3.91. The van der Waals surface area contributed by atoms with Gasteiger partial charge in [-0.3, -0.25) is 19.1 Å². The number of amides is 4. The Kier molecular flexibility index (Phi) is 10.8. The third-order valence-corrected chi connectivity index (χ3v) is 12.4. The van der Waals surface area contributed by atoms with Crippen molar-refractivity contribution in [3.05, 3.63) is 71.7 Å². The number of carbonyl (C=O) groups is 4. The Morgan fingerprint density at radius 2 is 1.56 bits per heavy atom. The molecule has 55 heavy (non-hydrogen) atoms. The van der Waals surface area contributed by atoms with Crippen LogP contribution in [0.2, 0.25) is 0 Å². The number of carbonyl (C=O) groups excluding carboxylic acids is 4. The highest BCUT2D eigenvalue weighted by molar-refractivity contribution is 9.10. The van der Waals surface area contributed by atoms with Crippen molar-refractivity contribution in [2.75, 3.05) is 6.54 Å². The van der Waals surface area contributed by atoms with Crippen LogP contribution in [0.3, 0.4) is 0 Å². The van der Waals surface area contributed by atoms with Crippen LogP contribution in [-0.4, -0.2) is 87.1 Å². The van der Waals surface area contributed by atoms with E-state index in [4.69, 9.17) is 14.9 Å². The van der Waals surface area contributed by atoms with E-state index in [-0.39, 0.29) is 19.4 Å². The molecule has 2 saturated carbocycles. The maximum Gasteiger partial charge on any atom is 0.408 e. The van der Waals surface area contributed by atoms with Gasteiger partial charge < -0.3 is 20.3 Å². The zero-order valence-corrected chi connectivity index (χ0v) is 34.2. The number of nitrogens with one attached hydrogen (secondary N) is 3. The second kappa shape index (κ2) is 14.8. The van der Waals surface area contributed by atoms with Gasteiger partial charge in [-0.2, -0.15) is 15.0 Å². The highest BCUT2D eigenvalue weighted by Gasteiger charge is 2.62. The zero-order chi connectivity index (χ0) is 40.1. The topological polar surface area (TPSA) is 182 Å². The van der Waals surface area contributed by atoms with Crippen LogP contribution in [-0.2, 0) is 29.1 Å². The van der Waals surface area contributed by atoms with E-state index in [9.17, 15) is 27.6 Å². The number of halogens is 1. The first-order valence-corrected chi connectivity index (χ1v) is 20.6. The number of nitrogens with zero attached hydrogens (tertiary/aromatic N) is 4. The Bertz CT molecular complexity index is 2090. The molecule has 0 spiro atoms. The fourth-order valence-corrected chi connectivity index (χ4v) is 8.44. The molecule has 0 bridgehead atoms. The summed E-state index contributed by atoms with van der Waals surface area (Å²) in [5.41, 5.74) is -0.393. The quantitative estimate of drug-likeness (QED) is 0.221. The van der Waals surface area contributed by atoms with Crippen LogP contribution in [0.4, 0.5) is 4.79 Å². The smallest absolute Gasteiger partial charge is 0.408 e. The molecule has 3 aliphatic rings. The van der Waals surface area contributed by atoms with Crippen molar-refractivity contribution in [3.8, 4) is 22.5 Å². The zero-order valence-electron chi connectivity index (χ0n) is 31.8. The average molecular weight is 839 g/mol. The van der Waals surface area contributed by atoms with Gasteiger partial charge in [0.25, 0.3) is 5.91 Å². The van der Waals surface area contributed by atoms with Crippen LogP contribution in [0.25, 0.3) is 22.5 Å². The molecule has 1 aliphatic heterocycles. The van der Waals surface area contributed by atoms with E-state index in [1.54, 1.807) is 41.5 Å². The molecule has 1 saturated heterocycles. The molecule has 2 aromatic carbocycles. The van der Waals surface area contributed by atoms with Crippen molar-refractivity contribution in [3.63, 3.8) is 0 Å². The van der Waals surface area contributed by atoms with Gasteiger partial charge >= 0.3 is 6.09 Å². The molecule has 14 nitrogen and oxygen atoms in total. The van der Waals surface area contributed by atoms with E-state index in [0.29, 0.717) is 24.2 Å². The second-order valence-corrected chi connectivity index (χ2v) is 19.5. The SMILES string of the molecule is C=C[C@@H]1C[C@@]1(NC(=O)[C@@H]1C[C@@H](n2nc(-c3ccccc3)c(-c3ccc(Br)cc3)n2)CN1C(=O)[C@H](NC(=O)OC(C)(C)C)C(C)(C)C)C(=O)NS(=O)(=O)C1CC1. The molecule has 0 unspecified atom stereocenters. The molecule has 16 heteroatoms. The predicted octanol–water partition coefficient (Wildman–Crippen LogP) is 5.13. The summed E-state index contributed by atoms with van der Waals surface area (Å²) < 4.78 is 34.1. The molecule has 4 amide bonds. The van der Waals surface area contributed by atoms with Gasteiger partial charge in [-0.15, -0.1) is 6.58 Å². The Labute approximate surface area is 330 Å². The number of aromatic nitrogens is 3. The highest BCUT2D eigenvalue weighted by Crippen LogP contribution is 2.46. The van der Waals surface area contributed by atoms with Crippen LogP contribution in [0.5, 0.6) is 0 Å². The van der Waals surface area contributed by atoms with E-state index in [0.717, 1.165) is 15.6 Å². The summed E-state index contributed by atoms with van der Waals surface area (Å²) in [6.45, 7) is 14.3. The Balaban J connectivity index is 1.36. The van der Waals surface area contributed by atoms with Gasteiger partial charge in [0.2, 0.25) is 21.8 Å². The van der Waals surface area contributed by atoms with Gasteiger partial charge in [-0.05, 0) is 57.6 Å². The second-order valence-electron chi connectivity index (χ2n) is 16.6. The van der Waals surface area contributed by atoms with E-state index < -0.39 is 79.7 Å². The molecular weight excluding hydrogens is 790 g/mol. The minimum Gasteiger partial charge on any atom is -0.444 e. The summed E-state index contributed by atoms with van der Waals surface area (Å²) >= 11 is 3.49. The fraction of sp³-hybridized carbons (Fsp3) is 0.487. The average Bonchev–Trinajstić information content (AvgIpc) is 3.99. The van der Waals surface area contributed by atoms with Crippen LogP contribution < -0.4 is 15.4 Å². The van der Waals surface area contributed by atoms with E-state index in [1.165, 1.54) is 15.8 Å². The van der Waals surface area contributed by atoms with E-state index in [2.05, 4.69) is 37.9 Å². The van der Waals surface area contributed by atoms with Gasteiger partial charge in [0.05, 0.1) is 11.3 Å². The van der Waals surface area contributed by atoms with Crippen molar-refractivity contribution in [1.29, 1.82) is 0 Å². The van der Waals surface area contributed by atoms with Gasteiger partial charge in [0, 0.05) is 34.5 Å². The first kappa shape index (κ1) is 40.1. The summed E-state index contributed by atoms with van der Waals surface area (Å²) in [5.74, 6) is -2.58. The molecule has 294 valence electrons. The van der Waals surface area contributed by atoms with Crippen molar-refractivity contribution in [1.82, 2.24) is 35.2 Å². The number of rotatable bonds is 11.